The van der Waals surface area contributed by atoms with Crippen molar-refractivity contribution in [2.24, 2.45) is 17.8 Å². The van der Waals surface area contributed by atoms with Gasteiger partial charge in [0.15, 0.2) is 0 Å². The lowest BCUT2D eigenvalue weighted by atomic mass is 9.97. The highest BCUT2D eigenvalue weighted by Gasteiger charge is 2.41. The van der Waals surface area contributed by atoms with Crippen LogP contribution >= 0.6 is 0 Å². The first-order chi connectivity index (χ1) is 8.65. The van der Waals surface area contributed by atoms with Gasteiger partial charge in [0.25, 0.3) is 0 Å². The van der Waals surface area contributed by atoms with Gasteiger partial charge in [0.2, 0.25) is 0 Å². The minimum Gasteiger partial charge on any atom is -0.466 e. The van der Waals surface area contributed by atoms with Crippen LogP contribution in [0.2, 0.25) is 0 Å². The summed E-state index contributed by atoms with van der Waals surface area (Å²) in [6.07, 6.45) is 5.89. The summed E-state index contributed by atoms with van der Waals surface area (Å²) < 4.78 is 5.62. The molecule has 0 saturated heterocycles. The third-order valence-corrected chi connectivity index (χ3v) is 4.66. The van der Waals surface area contributed by atoms with E-state index in [2.05, 4.69) is 25.2 Å². The average Bonchev–Trinajstić information content (AvgIpc) is 3.19. The largest absolute Gasteiger partial charge is 0.466 e. The molecule has 0 amide bonds. The predicted octanol–water partition coefficient (Wildman–Crippen LogP) is 3.98. The molecule has 2 heteroatoms. The molecule has 1 unspecified atom stereocenters. The Kier molecular flexibility index (Phi) is 3.23. The molecule has 2 fully saturated rings. The highest BCUT2D eigenvalue weighted by atomic mass is 16.3. The van der Waals surface area contributed by atoms with Gasteiger partial charge < -0.3 is 9.73 Å². The summed E-state index contributed by atoms with van der Waals surface area (Å²) in [5.74, 6) is 5.11. The molecule has 18 heavy (non-hydrogen) atoms. The molecular formula is C16H25NO. The Bertz CT molecular complexity index is 403. The normalized spacial score (nSPS) is 21.6. The molecule has 0 bridgehead atoms. The molecule has 1 heterocycles. The van der Waals surface area contributed by atoms with Crippen LogP contribution in [0.1, 0.15) is 55.7 Å². The zero-order valence-electron chi connectivity index (χ0n) is 11.8. The van der Waals surface area contributed by atoms with Crippen molar-refractivity contribution in [2.75, 3.05) is 6.54 Å². The second-order valence-electron chi connectivity index (χ2n) is 6.34. The second-order valence-corrected chi connectivity index (χ2v) is 6.34. The molecule has 2 aliphatic carbocycles. The van der Waals surface area contributed by atoms with E-state index < -0.39 is 0 Å². The molecule has 100 valence electrons. The lowest BCUT2D eigenvalue weighted by Crippen LogP contribution is -2.28. The third-order valence-electron chi connectivity index (χ3n) is 4.66. The molecular weight excluding hydrogens is 222 g/mol. The van der Waals surface area contributed by atoms with Gasteiger partial charge in [-0.15, -0.1) is 0 Å². The van der Waals surface area contributed by atoms with Gasteiger partial charge in [-0.1, -0.05) is 0 Å². The van der Waals surface area contributed by atoms with Crippen LogP contribution in [0, 0.1) is 31.6 Å². The van der Waals surface area contributed by atoms with Crippen LogP contribution in [-0.2, 0) is 0 Å². The van der Waals surface area contributed by atoms with Gasteiger partial charge >= 0.3 is 0 Å². The molecule has 2 aliphatic rings. The van der Waals surface area contributed by atoms with Crippen LogP contribution in [0.5, 0.6) is 0 Å². The molecule has 1 aromatic rings. The molecule has 1 aromatic heterocycles. The van der Waals surface area contributed by atoms with E-state index in [4.69, 9.17) is 4.42 Å². The molecule has 1 N–H and O–H groups in total. The smallest absolute Gasteiger partial charge is 0.105 e. The van der Waals surface area contributed by atoms with E-state index in [1.54, 1.807) is 0 Å². The predicted molar refractivity (Wildman–Crippen MR) is 73.5 cm³/mol. The topological polar surface area (TPSA) is 25.2 Å². The number of aryl methyl sites for hydroxylation is 2. The Balaban J connectivity index is 1.57. The number of rotatable bonds is 6. The SMILES string of the molecule is Cc1cc(C(C)NCC(C2CC2)C2CC2)c(C)o1. The first-order valence-electron chi connectivity index (χ1n) is 7.45. The van der Waals surface area contributed by atoms with Crippen molar-refractivity contribution < 1.29 is 4.42 Å². The third kappa shape index (κ3) is 2.64. The molecule has 3 rings (SSSR count). The van der Waals surface area contributed by atoms with Crippen LogP contribution in [-0.4, -0.2) is 6.54 Å². The van der Waals surface area contributed by atoms with Gasteiger partial charge in [0.05, 0.1) is 0 Å². The van der Waals surface area contributed by atoms with E-state index in [1.165, 1.54) is 37.8 Å². The molecule has 1 atom stereocenters. The minimum absolute atomic E-state index is 0.419. The fraction of sp³-hybridized carbons (Fsp3) is 0.750. The Morgan fingerprint density at radius 1 is 1.22 bits per heavy atom. The quantitative estimate of drug-likeness (QED) is 0.822. The van der Waals surface area contributed by atoms with Crippen LogP contribution in [0.15, 0.2) is 10.5 Å². The Morgan fingerprint density at radius 3 is 2.28 bits per heavy atom. The number of hydrogen-bond acceptors (Lipinski definition) is 2. The Morgan fingerprint density at radius 2 is 1.83 bits per heavy atom. The van der Waals surface area contributed by atoms with E-state index in [1.807, 2.05) is 6.92 Å². The van der Waals surface area contributed by atoms with Gasteiger partial charge in [-0.05, 0) is 76.8 Å². The molecule has 0 radical (unpaired) electrons. The molecule has 0 aromatic carbocycles. The van der Waals surface area contributed by atoms with E-state index in [0.717, 1.165) is 29.3 Å². The first kappa shape index (κ1) is 12.3. The molecule has 0 spiro atoms. The van der Waals surface area contributed by atoms with Gasteiger partial charge in [0, 0.05) is 11.6 Å². The summed E-state index contributed by atoms with van der Waals surface area (Å²) >= 11 is 0. The Hall–Kier alpha value is -0.760. The lowest BCUT2D eigenvalue weighted by molar-refractivity contribution is 0.360. The zero-order valence-corrected chi connectivity index (χ0v) is 11.8. The Labute approximate surface area is 110 Å². The second kappa shape index (κ2) is 4.73. The highest BCUT2D eigenvalue weighted by molar-refractivity contribution is 5.23. The summed E-state index contributed by atoms with van der Waals surface area (Å²) in [4.78, 5) is 0. The van der Waals surface area contributed by atoms with Crippen LogP contribution < -0.4 is 5.32 Å². The van der Waals surface area contributed by atoms with E-state index in [9.17, 15) is 0 Å². The first-order valence-corrected chi connectivity index (χ1v) is 7.45. The van der Waals surface area contributed by atoms with Gasteiger partial charge in [-0.25, -0.2) is 0 Å². The summed E-state index contributed by atoms with van der Waals surface area (Å²) in [6, 6.07) is 2.60. The maximum Gasteiger partial charge on any atom is 0.105 e. The molecule has 2 saturated carbocycles. The zero-order chi connectivity index (χ0) is 12.7. The monoisotopic (exact) mass is 247 g/mol. The van der Waals surface area contributed by atoms with Crippen molar-refractivity contribution in [3.63, 3.8) is 0 Å². The summed E-state index contributed by atoms with van der Waals surface area (Å²) in [5.41, 5.74) is 1.33. The van der Waals surface area contributed by atoms with E-state index in [-0.39, 0.29) is 0 Å². The summed E-state index contributed by atoms with van der Waals surface area (Å²) in [5, 5.41) is 3.74. The minimum atomic E-state index is 0.419. The van der Waals surface area contributed by atoms with Crippen molar-refractivity contribution in [1.29, 1.82) is 0 Å². The van der Waals surface area contributed by atoms with Crippen molar-refractivity contribution in [2.45, 2.75) is 52.5 Å². The fourth-order valence-corrected chi connectivity index (χ4v) is 3.27. The van der Waals surface area contributed by atoms with Crippen molar-refractivity contribution in [1.82, 2.24) is 5.32 Å². The van der Waals surface area contributed by atoms with Crippen molar-refractivity contribution >= 4 is 0 Å². The molecule has 2 nitrogen and oxygen atoms in total. The number of nitrogens with one attached hydrogen (secondary N) is 1. The van der Waals surface area contributed by atoms with Gasteiger partial charge in [-0.2, -0.15) is 0 Å². The van der Waals surface area contributed by atoms with Crippen LogP contribution in [0.3, 0.4) is 0 Å². The van der Waals surface area contributed by atoms with Crippen molar-refractivity contribution in [3.05, 3.63) is 23.2 Å². The maximum atomic E-state index is 5.62. The van der Waals surface area contributed by atoms with Crippen LogP contribution in [0.4, 0.5) is 0 Å². The van der Waals surface area contributed by atoms with Crippen molar-refractivity contribution in [3.8, 4) is 0 Å². The highest BCUT2D eigenvalue weighted by Crippen LogP contribution is 2.49. The average molecular weight is 247 g/mol. The van der Waals surface area contributed by atoms with E-state index >= 15 is 0 Å². The standard InChI is InChI=1S/C16H25NO/c1-10-8-15(12(3)18-10)11(2)17-9-16(13-4-5-13)14-6-7-14/h8,11,13-14,16-17H,4-7,9H2,1-3H3. The summed E-state index contributed by atoms with van der Waals surface area (Å²) in [6.45, 7) is 7.55. The fourth-order valence-electron chi connectivity index (χ4n) is 3.27. The lowest BCUT2D eigenvalue weighted by Gasteiger charge is -2.20. The van der Waals surface area contributed by atoms with Crippen LogP contribution in [0.25, 0.3) is 0 Å². The van der Waals surface area contributed by atoms with Gasteiger partial charge in [0.1, 0.15) is 11.5 Å². The summed E-state index contributed by atoms with van der Waals surface area (Å²) in [7, 11) is 0. The van der Waals surface area contributed by atoms with E-state index in [0.29, 0.717) is 6.04 Å². The maximum absolute atomic E-state index is 5.62. The number of hydrogen-bond donors (Lipinski definition) is 1. The number of furan rings is 1. The molecule has 0 aliphatic heterocycles. The van der Waals surface area contributed by atoms with Gasteiger partial charge in [-0.3, -0.25) is 0 Å².